The number of carbonyl (C=O) groups is 2. The molecule has 0 unspecified atom stereocenters. The van der Waals surface area contributed by atoms with Gasteiger partial charge in [0.1, 0.15) is 5.75 Å². The molecule has 5 nitrogen and oxygen atoms in total. The fourth-order valence-corrected chi connectivity index (χ4v) is 1.25. The normalized spacial score (nSPS) is 9.82. The van der Waals surface area contributed by atoms with E-state index in [0.717, 1.165) is 0 Å². The number of hydrogen-bond donors (Lipinski definition) is 0. The molecule has 0 N–H and O–H groups in total. The number of benzene rings is 1. The molecular formula is C12H14O5. The smallest absolute Gasteiger partial charge is 0.338 e. The van der Waals surface area contributed by atoms with Gasteiger partial charge in [-0.15, -0.1) is 0 Å². The van der Waals surface area contributed by atoms with E-state index in [-0.39, 0.29) is 18.1 Å². The summed E-state index contributed by atoms with van der Waals surface area (Å²) in [5, 5.41) is 0. The van der Waals surface area contributed by atoms with Crippen molar-refractivity contribution in [1.29, 1.82) is 0 Å². The fraction of sp³-hybridized carbons (Fsp3) is 0.333. The second-order valence-corrected chi connectivity index (χ2v) is 3.34. The Kier molecular flexibility index (Phi) is 4.66. The zero-order valence-electron chi connectivity index (χ0n) is 9.98. The molecule has 1 aromatic rings. The highest BCUT2D eigenvalue weighted by molar-refractivity contribution is 5.98. The van der Waals surface area contributed by atoms with Crippen LogP contribution in [0.2, 0.25) is 0 Å². The molecule has 0 saturated carbocycles. The van der Waals surface area contributed by atoms with Gasteiger partial charge in [-0.3, -0.25) is 4.79 Å². The molecule has 0 aliphatic heterocycles. The molecule has 0 saturated heterocycles. The second kappa shape index (κ2) is 6.00. The maximum atomic E-state index is 11.4. The predicted octanol–water partition coefficient (Wildman–Crippen LogP) is 1.66. The largest absolute Gasteiger partial charge is 0.468 e. The van der Waals surface area contributed by atoms with Gasteiger partial charge in [0, 0.05) is 12.7 Å². The van der Waals surface area contributed by atoms with E-state index in [1.165, 1.54) is 33.3 Å². The quantitative estimate of drug-likeness (QED) is 0.443. The van der Waals surface area contributed by atoms with E-state index >= 15 is 0 Å². The van der Waals surface area contributed by atoms with Crippen molar-refractivity contribution in [3.8, 4) is 5.75 Å². The highest BCUT2D eigenvalue weighted by Gasteiger charge is 2.11. The Bertz CT molecular complexity index is 425. The maximum Gasteiger partial charge on any atom is 0.338 e. The van der Waals surface area contributed by atoms with E-state index < -0.39 is 5.97 Å². The van der Waals surface area contributed by atoms with Crippen molar-refractivity contribution in [3.63, 3.8) is 0 Å². The van der Waals surface area contributed by atoms with Crippen molar-refractivity contribution in [1.82, 2.24) is 0 Å². The number of ketones is 1. The van der Waals surface area contributed by atoms with Gasteiger partial charge < -0.3 is 14.2 Å². The first kappa shape index (κ1) is 13.2. The summed E-state index contributed by atoms with van der Waals surface area (Å²) in [4.78, 5) is 22.7. The SMILES string of the molecule is COCOc1cc(C(C)=O)cc(C(=O)OC)c1. The zero-order chi connectivity index (χ0) is 12.8. The molecule has 0 aliphatic rings. The molecule has 0 fully saturated rings. The van der Waals surface area contributed by atoms with Crippen LogP contribution in [0.25, 0.3) is 0 Å². The van der Waals surface area contributed by atoms with Crippen molar-refractivity contribution >= 4 is 11.8 Å². The molecule has 0 aromatic heterocycles. The number of methoxy groups -OCH3 is 2. The number of Topliss-reactive ketones (excluding diaryl/α,β-unsaturated/α-hetero) is 1. The Hall–Kier alpha value is -1.88. The van der Waals surface area contributed by atoms with Crippen molar-refractivity contribution in [2.75, 3.05) is 21.0 Å². The van der Waals surface area contributed by atoms with Crippen LogP contribution >= 0.6 is 0 Å². The average molecular weight is 238 g/mol. The lowest BCUT2D eigenvalue weighted by Gasteiger charge is -2.08. The predicted molar refractivity (Wildman–Crippen MR) is 60.3 cm³/mol. The topological polar surface area (TPSA) is 61.8 Å². The summed E-state index contributed by atoms with van der Waals surface area (Å²) in [6, 6.07) is 4.51. The molecule has 0 radical (unpaired) electrons. The van der Waals surface area contributed by atoms with Crippen LogP contribution in [0.4, 0.5) is 0 Å². The van der Waals surface area contributed by atoms with Gasteiger partial charge in [0.2, 0.25) is 0 Å². The van der Waals surface area contributed by atoms with Gasteiger partial charge in [-0.2, -0.15) is 0 Å². The van der Waals surface area contributed by atoms with Crippen molar-refractivity contribution < 1.29 is 23.8 Å². The molecule has 0 atom stereocenters. The Balaban J connectivity index is 3.09. The minimum Gasteiger partial charge on any atom is -0.468 e. The van der Waals surface area contributed by atoms with E-state index in [4.69, 9.17) is 9.47 Å². The van der Waals surface area contributed by atoms with Gasteiger partial charge in [-0.1, -0.05) is 0 Å². The highest BCUT2D eigenvalue weighted by atomic mass is 16.7. The molecule has 0 amide bonds. The first-order valence-corrected chi connectivity index (χ1v) is 4.94. The molecule has 0 heterocycles. The van der Waals surface area contributed by atoms with Crippen molar-refractivity contribution in [2.24, 2.45) is 0 Å². The minimum absolute atomic E-state index is 0.0436. The molecule has 92 valence electrons. The lowest BCUT2D eigenvalue weighted by Crippen LogP contribution is -2.06. The van der Waals surface area contributed by atoms with Crippen LogP contribution in [0, 0.1) is 0 Å². The van der Waals surface area contributed by atoms with Gasteiger partial charge in [-0.05, 0) is 25.1 Å². The Morgan fingerprint density at radius 3 is 2.29 bits per heavy atom. The van der Waals surface area contributed by atoms with Gasteiger partial charge in [0.25, 0.3) is 0 Å². The third-order valence-corrected chi connectivity index (χ3v) is 2.08. The Morgan fingerprint density at radius 2 is 1.76 bits per heavy atom. The van der Waals surface area contributed by atoms with Crippen LogP contribution in [0.15, 0.2) is 18.2 Å². The monoisotopic (exact) mass is 238 g/mol. The second-order valence-electron chi connectivity index (χ2n) is 3.34. The minimum atomic E-state index is -0.518. The maximum absolute atomic E-state index is 11.4. The third kappa shape index (κ3) is 3.57. The number of esters is 1. The summed E-state index contributed by atoms with van der Waals surface area (Å²) in [7, 11) is 2.76. The summed E-state index contributed by atoms with van der Waals surface area (Å²) in [6.07, 6.45) is 0. The summed E-state index contributed by atoms with van der Waals surface area (Å²) < 4.78 is 14.5. The molecule has 0 bridgehead atoms. The number of hydrogen-bond acceptors (Lipinski definition) is 5. The summed E-state index contributed by atoms with van der Waals surface area (Å²) in [5.74, 6) is -0.284. The summed E-state index contributed by atoms with van der Waals surface area (Å²) in [5.41, 5.74) is 0.658. The zero-order valence-corrected chi connectivity index (χ0v) is 9.98. The van der Waals surface area contributed by atoms with Crippen molar-refractivity contribution in [2.45, 2.75) is 6.92 Å². The third-order valence-electron chi connectivity index (χ3n) is 2.08. The van der Waals surface area contributed by atoms with Crippen LogP contribution in [0.1, 0.15) is 27.6 Å². The van der Waals surface area contributed by atoms with Gasteiger partial charge in [0.15, 0.2) is 12.6 Å². The molecule has 5 heteroatoms. The van der Waals surface area contributed by atoms with Crippen LogP contribution in [0.5, 0.6) is 5.75 Å². The molecule has 17 heavy (non-hydrogen) atoms. The Morgan fingerprint density at radius 1 is 1.12 bits per heavy atom. The van der Waals surface area contributed by atoms with Gasteiger partial charge >= 0.3 is 5.97 Å². The standard InChI is InChI=1S/C12H14O5/c1-8(13)9-4-10(12(14)16-3)6-11(5-9)17-7-15-2/h4-6H,7H2,1-3H3. The lowest BCUT2D eigenvalue weighted by molar-refractivity contribution is 0.0503. The highest BCUT2D eigenvalue weighted by Crippen LogP contribution is 2.18. The molecule has 1 rings (SSSR count). The molecular weight excluding hydrogens is 224 g/mol. The van der Waals surface area contributed by atoms with Crippen LogP contribution < -0.4 is 4.74 Å². The van der Waals surface area contributed by atoms with Gasteiger partial charge in [0.05, 0.1) is 12.7 Å². The number of rotatable bonds is 5. The van der Waals surface area contributed by atoms with E-state index in [0.29, 0.717) is 11.3 Å². The first-order valence-electron chi connectivity index (χ1n) is 4.94. The molecule has 0 aliphatic carbocycles. The van der Waals surface area contributed by atoms with Crippen molar-refractivity contribution in [3.05, 3.63) is 29.3 Å². The van der Waals surface area contributed by atoms with Crippen LogP contribution in [0.3, 0.4) is 0 Å². The van der Waals surface area contributed by atoms with Gasteiger partial charge in [-0.25, -0.2) is 4.79 Å². The average Bonchev–Trinajstić information content (AvgIpc) is 2.34. The summed E-state index contributed by atoms with van der Waals surface area (Å²) >= 11 is 0. The first-order chi connectivity index (χ1) is 8.08. The van der Waals surface area contributed by atoms with Crippen LogP contribution in [-0.2, 0) is 9.47 Å². The Labute approximate surface area is 99.3 Å². The van der Waals surface area contributed by atoms with Crippen LogP contribution in [-0.4, -0.2) is 32.8 Å². The van der Waals surface area contributed by atoms with E-state index in [9.17, 15) is 9.59 Å². The fourth-order valence-electron chi connectivity index (χ4n) is 1.25. The number of ether oxygens (including phenoxy) is 3. The summed E-state index contributed by atoms with van der Waals surface area (Å²) in [6.45, 7) is 1.46. The number of carbonyl (C=O) groups excluding carboxylic acids is 2. The van der Waals surface area contributed by atoms with E-state index in [1.54, 1.807) is 6.07 Å². The van der Waals surface area contributed by atoms with E-state index in [1.807, 2.05) is 0 Å². The molecule has 1 aromatic carbocycles. The van der Waals surface area contributed by atoms with E-state index in [2.05, 4.69) is 4.74 Å². The molecule has 0 spiro atoms. The lowest BCUT2D eigenvalue weighted by atomic mass is 10.1.